The molecule has 2 aliphatic rings. The Bertz CT molecular complexity index is 2390. The minimum atomic E-state index is -0.148. The van der Waals surface area contributed by atoms with Crippen molar-refractivity contribution >= 4 is 22.1 Å². The number of aryl methyl sites for hydroxylation is 2. The normalized spacial score (nSPS) is 15.5. The third kappa shape index (κ3) is 11.5. The molecule has 2 saturated heterocycles. The van der Waals surface area contributed by atoms with Gasteiger partial charge in [0.1, 0.15) is 23.1 Å². The van der Waals surface area contributed by atoms with Crippen LogP contribution >= 0.6 is 0 Å². The highest BCUT2D eigenvalue weighted by molar-refractivity contribution is 5.76. The molecule has 14 heteroatoms. The largest absolute Gasteiger partial charge is 0.495 e. The Hall–Kier alpha value is -5.54. The number of ether oxygens (including phenoxy) is 2. The maximum absolute atomic E-state index is 13.7. The molecular formula is C48H58F2N8O4. The van der Waals surface area contributed by atoms with Crippen molar-refractivity contribution in [2.75, 3.05) is 53.5 Å². The van der Waals surface area contributed by atoms with E-state index in [0.29, 0.717) is 60.9 Å². The zero-order valence-corrected chi connectivity index (χ0v) is 36.2. The van der Waals surface area contributed by atoms with E-state index in [2.05, 4.69) is 30.4 Å². The lowest BCUT2D eigenvalue weighted by Crippen LogP contribution is -2.43. The van der Waals surface area contributed by atoms with E-state index in [-0.39, 0.29) is 22.8 Å². The van der Waals surface area contributed by atoms with E-state index in [1.807, 2.05) is 36.4 Å². The number of rotatable bonds is 14. The van der Waals surface area contributed by atoms with Gasteiger partial charge in [-0.2, -0.15) is 0 Å². The number of fused-ring (bicyclic) bond motifs is 2. The number of benzene rings is 2. The van der Waals surface area contributed by atoms with Gasteiger partial charge >= 0.3 is 0 Å². The van der Waals surface area contributed by atoms with Crippen molar-refractivity contribution in [3.63, 3.8) is 0 Å². The number of halogens is 2. The fraction of sp³-hybridized carbons (Fsp3) is 0.417. The van der Waals surface area contributed by atoms with Gasteiger partial charge in [0, 0.05) is 75.6 Å². The molecule has 0 radical (unpaired) electrons. The lowest BCUT2D eigenvalue weighted by atomic mass is 10.0. The van der Waals surface area contributed by atoms with Crippen LogP contribution in [-0.2, 0) is 26.2 Å². The summed E-state index contributed by atoms with van der Waals surface area (Å²) in [6, 6.07) is 22.1. The lowest BCUT2D eigenvalue weighted by Gasteiger charge is -2.32. The van der Waals surface area contributed by atoms with E-state index in [4.69, 9.17) is 9.47 Å². The number of nitrogens with one attached hydrogen (secondary N) is 2. The van der Waals surface area contributed by atoms with Crippen molar-refractivity contribution in [1.82, 2.24) is 39.5 Å². The molecule has 0 unspecified atom stereocenters. The number of methoxy groups -OCH3 is 2. The average molecular weight is 849 g/mol. The average Bonchev–Trinajstić information content (AvgIpc) is 3.29. The van der Waals surface area contributed by atoms with Gasteiger partial charge in [0.05, 0.1) is 48.7 Å². The predicted molar refractivity (Wildman–Crippen MR) is 240 cm³/mol. The molecule has 0 atom stereocenters. The van der Waals surface area contributed by atoms with Gasteiger partial charge in [0.25, 0.3) is 11.1 Å². The molecule has 62 heavy (non-hydrogen) atoms. The van der Waals surface area contributed by atoms with Crippen LogP contribution in [0.5, 0.6) is 11.5 Å². The number of piperidine rings is 2. The van der Waals surface area contributed by atoms with Crippen LogP contribution in [0.15, 0.2) is 94.8 Å². The molecule has 12 nitrogen and oxygen atoms in total. The van der Waals surface area contributed by atoms with Crippen molar-refractivity contribution in [1.29, 1.82) is 0 Å². The second kappa shape index (κ2) is 21.0. The fourth-order valence-electron chi connectivity index (χ4n) is 8.20. The first-order chi connectivity index (χ1) is 30.1. The summed E-state index contributed by atoms with van der Waals surface area (Å²) < 4.78 is 41.5. The maximum atomic E-state index is 13.7. The topological polar surface area (TPSA) is 119 Å². The van der Waals surface area contributed by atoms with Gasteiger partial charge in [0.2, 0.25) is 0 Å². The molecule has 6 aromatic rings. The maximum Gasteiger partial charge on any atom is 0.251 e. The van der Waals surface area contributed by atoms with Crippen LogP contribution in [0.4, 0.5) is 8.78 Å². The van der Waals surface area contributed by atoms with Crippen LogP contribution in [0.2, 0.25) is 0 Å². The zero-order valence-electron chi connectivity index (χ0n) is 36.2. The number of pyridine rings is 4. The zero-order chi connectivity index (χ0) is 43.6. The Morgan fingerprint density at radius 1 is 0.581 bits per heavy atom. The summed E-state index contributed by atoms with van der Waals surface area (Å²) in [5.74, 6) is 0.996. The van der Waals surface area contributed by atoms with Crippen LogP contribution in [0.3, 0.4) is 0 Å². The molecule has 328 valence electrons. The van der Waals surface area contributed by atoms with Crippen LogP contribution in [-0.4, -0.2) is 94.5 Å². The summed E-state index contributed by atoms with van der Waals surface area (Å²) in [6.45, 7) is 11.7. The molecule has 2 fully saturated rings. The van der Waals surface area contributed by atoms with Gasteiger partial charge in [-0.1, -0.05) is 24.3 Å². The van der Waals surface area contributed by atoms with Crippen molar-refractivity contribution < 1.29 is 18.3 Å². The van der Waals surface area contributed by atoms with Crippen LogP contribution in [0.1, 0.15) is 47.9 Å². The Morgan fingerprint density at radius 3 is 1.35 bits per heavy atom. The summed E-state index contributed by atoms with van der Waals surface area (Å²) in [4.78, 5) is 38.5. The molecule has 2 aliphatic heterocycles. The summed E-state index contributed by atoms with van der Waals surface area (Å²) in [7, 11) is 3.20. The molecule has 2 N–H and O–H groups in total. The summed E-state index contributed by atoms with van der Waals surface area (Å²) >= 11 is 0. The molecule has 0 amide bonds. The molecule has 6 heterocycles. The lowest BCUT2D eigenvalue weighted by molar-refractivity contribution is 0.191. The molecule has 0 spiro atoms. The monoisotopic (exact) mass is 848 g/mol. The van der Waals surface area contributed by atoms with Crippen LogP contribution in [0, 0.1) is 25.5 Å². The standard InChI is InChI=1S/2C24H29FN4O2/c2*1-17-3-4-18(13-21(17)25)15-26-19-7-9-28(10-8-19)11-12-29-23-14-20(31-2)16-27-22(23)5-6-24(29)30/h2*3-6,13-14,16,19,26H,7-12,15H2,1-2H3. The van der Waals surface area contributed by atoms with E-state index in [1.165, 1.54) is 0 Å². The third-order valence-corrected chi connectivity index (χ3v) is 12.2. The first-order valence-electron chi connectivity index (χ1n) is 21.6. The van der Waals surface area contributed by atoms with E-state index in [0.717, 1.165) is 98.1 Å². The SMILES string of the molecule is COc1cnc2ccc(=O)n(CCN3CCC(NCc4ccc(C)c(F)c4)CC3)c2c1.COc1cnc2ccc(=O)n(CCN3CCC(NCc4ccc(C)c(F)c4)CC3)c2c1. The number of hydrogen-bond acceptors (Lipinski definition) is 10. The Labute approximate surface area is 361 Å². The quantitative estimate of drug-likeness (QED) is 0.131. The molecule has 0 bridgehead atoms. The minimum Gasteiger partial charge on any atom is -0.495 e. The molecule has 0 aliphatic carbocycles. The highest BCUT2D eigenvalue weighted by Gasteiger charge is 2.21. The first kappa shape index (κ1) is 44.5. The highest BCUT2D eigenvalue weighted by atomic mass is 19.1. The second-order valence-corrected chi connectivity index (χ2v) is 16.4. The van der Waals surface area contributed by atoms with E-state index < -0.39 is 0 Å². The van der Waals surface area contributed by atoms with Crippen LogP contribution < -0.4 is 31.2 Å². The summed E-state index contributed by atoms with van der Waals surface area (Å²) in [5, 5.41) is 7.11. The van der Waals surface area contributed by atoms with Gasteiger partial charge in [-0.25, -0.2) is 8.78 Å². The van der Waals surface area contributed by atoms with Gasteiger partial charge in [0.15, 0.2) is 0 Å². The number of hydrogen-bond donors (Lipinski definition) is 2. The summed E-state index contributed by atoms with van der Waals surface area (Å²) in [6.07, 6.45) is 7.48. The number of likely N-dealkylation sites (tertiary alicyclic amines) is 2. The molecule has 2 aromatic carbocycles. The smallest absolute Gasteiger partial charge is 0.251 e. The minimum absolute atomic E-state index is 0.0237. The Balaban J connectivity index is 0.000000186. The van der Waals surface area contributed by atoms with Crippen molar-refractivity contribution in [2.45, 2.75) is 77.8 Å². The van der Waals surface area contributed by atoms with Gasteiger partial charge < -0.3 is 39.0 Å². The Kier molecular flexibility index (Phi) is 15.1. The first-order valence-corrected chi connectivity index (χ1v) is 21.6. The Morgan fingerprint density at radius 2 is 0.984 bits per heavy atom. The molecule has 8 rings (SSSR count). The van der Waals surface area contributed by atoms with Gasteiger partial charge in [-0.15, -0.1) is 0 Å². The van der Waals surface area contributed by atoms with Gasteiger partial charge in [-0.05, 0) is 112 Å². The van der Waals surface area contributed by atoms with Gasteiger partial charge in [-0.3, -0.25) is 19.6 Å². The van der Waals surface area contributed by atoms with Crippen molar-refractivity contribution in [2.24, 2.45) is 0 Å². The summed E-state index contributed by atoms with van der Waals surface area (Å²) in [5.41, 5.74) is 6.44. The predicted octanol–water partition coefficient (Wildman–Crippen LogP) is 6.21. The molecule has 0 saturated carbocycles. The number of aromatic nitrogens is 4. The van der Waals surface area contributed by atoms with E-state index in [9.17, 15) is 18.4 Å². The number of nitrogens with zero attached hydrogens (tertiary/aromatic N) is 6. The van der Waals surface area contributed by atoms with E-state index >= 15 is 0 Å². The second-order valence-electron chi connectivity index (χ2n) is 16.4. The highest BCUT2D eigenvalue weighted by Crippen LogP contribution is 2.20. The molecular weight excluding hydrogens is 791 g/mol. The fourth-order valence-corrected chi connectivity index (χ4v) is 8.20. The van der Waals surface area contributed by atoms with Crippen molar-refractivity contribution in [3.05, 3.63) is 140 Å². The van der Waals surface area contributed by atoms with Crippen molar-refractivity contribution in [3.8, 4) is 11.5 Å². The van der Waals surface area contributed by atoms with Crippen LogP contribution in [0.25, 0.3) is 22.1 Å². The molecule has 4 aromatic heterocycles. The third-order valence-electron chi connectivity index (χ3n) is 12.2. The van der Waals surface area contributed by atoms with E-state index in [1.54, 1.807) is 86.0 Å².